The van der Waals surface area contributed by atoms with E-state index in [-0.39, 0.29) is 6.10 Å². The topological polar surface area (TPSA) is 23.5 Å². The third-order valence-electron chi connectivity index (χ3n) is 4.25. The van der Waals surface area contributed by atoms with Gasteiger partial charge in [0.25, 0.3) is 0 Å². The van der Waals surface area contributed by atoms with Gasteiger partial charge in [-0.25, -0.2) is 0 Å². The van der Waals surface area contributed by atoms with Crippen LogP contribution in [0.2, 0.25) is 0 Å². The SMILES string of the molecule is CCCC1CCCCN1CCC(O)c1ccccc1. The van der Waals surface area contributed by atoms with Crippen molar-refractivity contribution in [3.63, 3.8) is 0 Å². The van der Waals surface area contributed by atoms with Crippen LogP contribution in [0.25, 0.3) is 0 Å². The zero-order chi connectivity index (χ0) is 13.5. The lowest BCUT2D eigenvalue weighted by atomic mass is 9.97. The number of aliphatic hydroxyl groups is 1. The minimum atomic E-state index is -0.314. The third-order valence-corrected chi connectivity index (χ3v) is 4.25. The quantitative estimate of drug-likeness (QED) is 0.842. The molecule has 1 N–H and O–H groups in total. The fourth-order valence-electron chi connectivity index (χ4n) is 3.14. The molecule has 19 heavy (non-hydrogen) atoms. The highest BCUT2D eigenvalue weighted by Crippen LogP contribution is 2.23. The van der Waals surface area contributed by atoms with Gasteiger partial charge in [-0.2, -0.15) is 0 Å². The molecule has 1 heterocycles. The van der Waals surface area contributed by atoms with Crippen molar-refractivity contribution in [2.24, 2.45) is 0 Å². The first kappa shape index (κ1) is 14.5. The Morgan fingerprint density at radius 1 is 1.26 bits per heavy atom. The average Bonchev–Trinajstić information content (AvgIpc) is 2.47. The van der Waals surface area contributed by atoms with E-state index in [4.69, 9.17) is 0 Å². The lowest BCUT2D eigenvalue weighted by Gasteiger charge is -2.36. The molecule has 0 radical (unpaired) electrons. The minimum absolute atomic E-state index is 0.314. The molecule has 0 amide bonds. The summed E-state index contributed by atoms with van der Waals surface area (Å²) in [4.78, 5) is 2.60. The van der Waals surface area contributed by atoms with Crippen LogP contribution < -0.4 is 0 Å². The van der Waals surface area contributed by atoms with Gasteiger partial charge < -0.3 is 10.0 Å². The number of piperidine rings is 1. The Kier molecular flexibility index (Phi) is 5.87. The second-order valence-electron chi connectivity index (χ2n) is 5.69. The first-order chi connectivity index (χ1) is 9.31. The molecule has 1 aromatic rings. The van der Waals surface area contributed by atoms with Gasteiger partial charge >= 0.3 is 0 Å². The summed E-state index contributed by atoms with van der Waals surface area (Å²) in [5.74, 6) is 0. The van der Waals surface area contributed by atoms with Gasteiger partial charge in [-0.1, -0.05) is 50.1 Å². The van der Waals surface area contributed by atoms with E-state index < -0.39 is 0 Å². The number of benzene rings is 1. The molecule has 1 aliphatic rings. The minimum Gasteiger partial charge on any atom is -0.388 e. The predicted molar refractivity (Wildman–Crippen MR) is 80.1 cm³/mol. The molecule has 0 aromatic heterocycles. The molecule has 1 saturated heterocycles. The Morgan fingerprint density at radius 3 is 2.79 bits per heavy atom. The number of nitrogens with zero attached hydrogens (tertiary/aromatic N) is 1. The second-order valence-corrected chi connectivity index (χ2v) is 5.69. The number of hydrogen-bond acceptors (Lipinski definition) is 2. The van der Waals surface area contributed by atoms with Gasteiger partial charge in [0.05, 0.1) is 6.10 Å². The van der Waals surface area contributed by atoms with Gasteiger partial charge in [-0.15, -0.1) is 0 Å². The number of likely N-dealkylation sites (tertiary alicyclic amines) is 1. The van der Waals surface area contributed by atoms with Gasteiger partial charge in [-0.3, -0.25) is 0 Å². The molecule has 1 aromatic carbocycles. The molecular weight excluding hydrogens is 234 g/mol. The van der Waals surface area contributed by atoms with Gasteiger partial charge in [0.2, 0.25) is 0 Å². The lowest BCUT2D eigenvalue weighted by molar-refractivity contribution is 0.0988. The summed E-state index contributed by atoms with van der Waals surface area (Å²) in [6.45, 7) is 4.51. The molecule has 1 fully saturated rings. The fourth-order valence-corrected chi connectivity index (χ4v) is 3.14. The molecular formula is C17H27NO. The molecule has 106 valence electrons. The maximum absolute atomic E-state index is 10.2. The van der Waals surface area contributed by atoms with Crippen molar-refractivity contribution in [2.75, 3.05) is 13.1 Å². The smallest absolute Gasteiger partial charge is 0.0802 e. The predicted octanol–water partition coefficient (Wildman–Crippen LogP) is 3.76. The van der Waals surface area contributed by atoms with Crippen molar-refractivity contribution >= 4 is 0 Å². The van der Waals surface area contributed by atoms with Crippen LogP contribution in [0, 0.1) is 0 Å². The van der Waals surface area contributed by atoms with Gasteiger partial charge in [0.1, 0.15) is 0 Å². The maximum Gasteiger partial charge on any atom is 0.0802 e. The van der Waals surface area contributed by atoms with Crippen molar-refractivity contribution in [1.29, 1.82) is 0 Å². The van der Waals surface area contributed by atoms with E-state index in [1.54, 1.807) is 0 Å². The molecule has 0 aliphatic carbocycles. The lowest BCUT2D eigenvalue weighted by Crippen LogP contribution is -2.40. The number of hydrogen-bond donors (Lipinski definition) is 1. The molecule has 0 bridgehead atoms. The summed E-state index contributed by atoms with van der Waals surface area (Å²) in [6, 6.07) is 10.8. The summed E-state index contributed by atoms with van der Waals surface area (Å²) in [5, 5.41) is 10.2. The summed E-state index contributed by atoms with van der Waals surface area (Å²) >= 11 is 0. The summed E-state index contributed by atoms with van der Waals surface area (Å²) in [7, 11) is 0. The highest BCUT2D eigenvalue weighted by atomic mass is 16.3. The van der Waals surface area contributed by atoms with E-state index in [9.17, 15) is 5.11 Å². The highest BCUT2D eigenvalue weighted by molar-refractivity contribution is 5.17. The van der Waals surface area contributed by atoms with Gasteiger partial charge in [0.15, 0.2) is 0 Å². The Bertz CT molecular complexity index is 350. The normalized spacial score (nSPS) is 22.3. The van der Waals surface area contributed by atoms with Crippen molar-refractivity contribution < 1.29 is 5.11 Å². The highest BCUT2D eigenvalue weighted by Gasteiger charge is 2.22. The van der Waals surface area contributed by atoms with Crippen LogP contribution in [-0.4, -0.2) is 29.1 Å². The molecule has 1 aliphatic heterocycles. The summed E-state index contributed by atoms with van der Waals surface area (Å²) in [5.41, 5.74) is 1.05. The van der Waals surface area contributed by atoms with Crippen molar-refractivity contribution in [3.05, 3.63) is 35.9 Å². The third kappa shape index (κ3) is 4.32. The number of aliphatic hydroxyl groups excluding tert-OH is 1. The Balaban J connectivity index is 1.83. The molecule has 0 saturated carbocycles. The fraction of sp³-hybridized carbons (Fsp3) is 0.647. The molecule has 2 rings (SSSR count). The largest absolute Gasteiger partial charge is 0.388 e. The second kappa shape index (κ2) is 7.66. The molecule has 2 atom stereocenters. The first-order valence-electron chi connectivity index (χ1n) is 7.78. The zero-order valence-electron chi connectivity index (χ0n) is 12.1. The zero-order valence-corrected chi connectivity index (χ0v) is 12.1. The van der Waals surface area contributed by atoms with E-state index in [2.05, 4.69) is 11.8 Å². The van der Waals surface area contributed by atoms with Gasteiger partial charge in [-0.05, 0) is 37.8 Å². The van der Waals surface area contributed by atoms with Crippen molar-refractivity contribution in [3.8, 4) is 0 Å². The van der Waals surface area contributed by atoms with E-state index in [1.165, 1.54) is 38.6 Å². The van der Waals surface area contributed by atoms with Crippen molar-refractivity contribution in [1.82, 2.24) is 4.90 Å². The first-order valence-corrected chi connectivity index (χ1v) is 7.78. The van der Waals surface area contributed by atoms with Crippen LogP contribution in [0.15, 0.2) is 30.3 Å². The van der Waals surface area contributed by atoms with Crippen LogP contribution in [-0.2, 0) is 0 Å². The molecule has 2 nitrogen and oxygen atoms in total. The van der Waals surface area contributed by atoms with Gasteiger partial charge in [0, 0.05) is 12.6 Å². The van der Waals surface area contributed by atoms with Crippen LogP contribution in [0.3, 0.4) is 0 Å². The molecule has 2 heteroatoms. The van der Waals surface area contributed by atoms with E-state index in [1.807, 2.05) is 30.3 Å². The Hall–Kier alpha value is -0.860. The van der Waals surface area contributed by atoms with E-state index in [0.29, 0.717) is 0 Å². The van der Waals surface area contributed by atoms with E-state index in [0.717, 1.165) is 24.6 Å². The van der Waals surface area contributed by atoms with Crippen LogP contribution in [0.4, 0.5) is 0 Å². The monoisotopic (exact) mass is 261 g/mol. The van der Waals surface area contributed by atoms with Crippen LogP contribution in [0.5, 0.6) is 0 Å². The molecule has 2 unspecified atom stereocenters. The van der Waals surface area contributed by atoms with E-state index >= 15 is 0 Å². The summed E-state index contributed by atoms with van der Waals surface area (Å²) in [6.07, 6.45) is 7.15. The standard InChI is InChI=1S/C17H27NO/c1-2-8-16-11-6-7-13-18(16)14-12-17(19)15-9-4-3-5-10-15/h3-5,9-10,16-17,19H,2,6-8,11-14H2,1H3. The Labute approximate surface area is 117 Å². The van der Waals surface area contributed by atoms with Crippen molar-refractivity contribution in [2.45, 2.75) is 57.6 Å². The van der Waals surface area contributed by atoms with Crippen LogP contribution in [0.1, 0.15) is 57.1 Å². The maximum atomic E-state index is 10.2. The van der Waals surface area contributed by atoms with Crippen LogP contribution >= 0.6 is 0 Å². The average molecular weight is 261 g/mol. The molecule has 0 spiro atoms. The summed E-state index contributed by atoms with van der Waals surface area (Å²) < 4.78 is 0. The Morgan fingerprint density at radius 2 is 2.05 bits per heavy atom. The number of rotatable bonds is 6.